The van der Waals surface area contributed by atoms with Crippen molar-refractivity contribution in [2.75, 3.05) is 6.61 Å². The molecule has 0 aromatic carbocycles. The van der Waals surface area contributed by atoms with Crippen molar-refractivity contribution in [3.8, 4) is 0 Å². The van der Waals surface area contributed by atoms with Crippen molar-refractivity contribution >= 4 is 12.2 Å². The van der Waals surface area contributed by atoms with E-state index in [0.29, 0.717) is 25.9 Å². The van der Waals surface area contributed by atoms with E-state index in [1.165, 1.54) is 0 Å². The predicted octanol–water partition coefficient (Wildman–Crippen LogP) is 3.57. The summed E-state index contributed by atoms with van der Waals surface area (Å²) < 4.78 is 5.23. The second-order valence-corrected chi connectivity index (χ2v) is 12.1. The summed E-state index contributed by atoms with van der Waals surface area (Å²) in [5.41, 5.74) is -1.56. The first-order valence-electron chi connectivity index (χ1n) is 13.1. The highest BCUT2D eigenvalue weighted by Crippen LogP contribution is 2.70. The summed E-state index contributed by atoms with van der Waals surface area (Å²) in [6.45, 7) is 6.80. The van der Waals surface area contributed by atoms with Crippen LogP contribution < -0.4 is 0 Å². The zero-order valence-electron chi connectivity index (χ0n) is 20.4. The second kappa shape index (κ2) is 7.89. The van der Waals surface area contributed by atoms with Crippen LogP contribution in [0.1, 0.15) is 85.0 Å². The van der Waals surface area contributed by atoms with Crippen LogP contribution in [0.5, 0.6) is 0 Å². The minimum absolute atomic E-state index is 0.0822. The van der Waals surface area contributed by atoms with E-state index < -0.39 is 22.7 Å². The molecule has 184 valence electrons. The van der Waals surface area contributed by atoms with Gasteiger partial charge in [0.2, 0.25) is 0 Å². The molecule has 1 aliphatic heterocycles. The van der Waals surface area contributed by atoms with Crippen molar-refractivity contribution in [3.05, 3.63) is 11.6 Å². The molecular formula is C27H41NO5. The Morgan fingerprint density at radius 2 is 1.91 bits per heavy atom. The Balaban J connectivity index is 1.53. The molecule has 0 aromatic heterocycles. The number of cyclic esters (lactones) is 1. The van der Waals surface area contributed by atoms with Crippen LogP contribution in [0.15, 0.2) is 16.6 Å². The third-order valence-electron chi connectivity index (χ3n) is 10.8. The van der Waals surface area contributed by atoms with E-state index in [0.717, 1.165) is 50.5 Å². The minimum atomic E-state index is -0.973. The fourth-order valence-corrected chi connectivity index (χ4v) is 8.73. The number of hydrogen-bond donors (Lipinski definition) is 3. The summed E-state index contributed by atoms with van der Waals surface area (Å²) >= 11 is 0. The molecule has 9 atom stereocenters. The van der Waals surface area contributed by atoms with Gasteiger partial charge >= 0.3 is 5.97 Å². The van der Waals surface area contributed by atoms with Crippen LogP contribution in [0.2, 0.25) is 0 Å². The lowest BCUT2D eigenvalue weighted by molar-refractivity contribution is -0.237. The SMILES string of the molecule is CCC(C)N=C[C@]12CCC(O)CC1(O)CCC1[C@@H]2CC[C@]2(C)C(C3=CC(=O)OC3)CCC12O. The summed E-state index contributed by atoms with van der Waals surface area (Å²) in [5, 5.41) is 34.8. The zero-order valence-corrected chi connectivity index (χ0v) is 20.4. The van der Waals surface area contributed by atoms with Gasteiger partial charge in [0.1, 0.15) is 6.61 Å². The maximum atomic E-state index is 12.4. The molecule has 4 aliphatic carbocycles. The van der Waals surface area contributed by atoms with Gasteiger partial charge in [-0.25, -0.2) is 4.79 Å². The molecule has 1 heterocycles. The van der Waals surface area contributed by atoms with E-state index in [-0.39, 0.29) is 35.2 Å². The number of nitrogens with zero attached hydrogens (tertiary/aromatic N) is 1. The Morgan fingerprint density at radius 1 is 1.15 bits per heavy atom. The third-order valence-corrected chi connectivity index (χ3v) is 10.8. The lowest BCUT2D eigenvalue weighted by Gasteiger charge is -2.65. The maximum Gasteiger partial charge on any atom is 0.331 e. The minimum Gasteiger partial charge on any atom is -0.458 e. The number of aliphatic hydroxyl groups is 3. The number of carbonyl (C=O) groups excluding carboxylic acids is 1. The Morgan fingerprint density at radius 3 is 2.61 bits per heavy atom. The monoisotopic (exact) mass is 459 g/mol. The number of fused-ring (bicyclic) bond motifs is 5. The largest absolute Gasteiger partial charge is 0.458 e. The molecule has 33 heavy (non-hydrogen) atoms. The van der Waals surface area contributed by atoms with Crippen molar-refractivity contribution in [1.82, 2.24) is 0 Å². The van der Waals surface area contributed by atoms with Crippen LogP contribution in [-0.2, 0) is 9.53 Å². The number of carbonyl (C=O) groups is 1. The molecule has 0 bridgehead atoms. The Kier molecular flexibility index (Phi) is 5.62. The van der Waals surface area contributed by atoms with E-state index in [4.69, 9.17) is 9.73 Å². The van der Waals surface area contributed by atoms with Crippen LogP contribution in [0.3, 0.4) is 0 Å². The van der Waals surface area contributed by atoms with Crippen LogP contribution >= 0.6 is 0 Å². The number of esters is 1. The average molecular weight is 460 g/mol. The Labute approximate surface area is 197 Å². The predicted molar refractivity (Wildman–Crippen MR) is 126 cm³/mol. The molecule has 3 N–H and O–H groups in total. The van der Waals surface area contributed by atoms with Gasteiger partial charge in [-0.2, -0.15) is 0 Å². The van der Waals surface area contributed by atoms with Gasteiger partial charge in [-0.3, -0.25) is 4.99 Å². The van der Waals surface area contributed by atoms with Gasteiger partial charge in [0.25, 0.3) is 0 Å². The van der Waals surface area contributed by atoms with Gasteiger partial charge in [0, 0.05) is 35.6 Å². The van der Waals surface area contributed by atoms with Crippen molar-refractivity contribution in [1.29, 1.82) is 0 Å². The highest BCUT2D eigenvalue weighted by molar-refractivity contribution is 5.85. The Hall–Kier alpha value is -1.24. The van der Waals surface area contributed by atoms with Crippen LogP contribution in [0, 0.1) is 28.6 Å². The molecular weight excluding hydrogens is 418 g/mol. The molecule has 4 fully saturated rings. The van der Waals surface area contributed by atoms with E-state index in [1.54, 1.807) is 6.08 Å². The van der Waals surface area contributed by atoms with E-state index in [9.17, 15) is 20.1 Å². The highest BCUT2D eigenvalue weighted by atomic mass is 16.5. The quantitative estimate of drug-likeness (QED) is 0.441. The smallest absolute Gasteiger partial charge is 0.331 e. The van der Waals surface area contributed by atoms with Gasteiger partial charge in [-0.05, 0) is 88.0 Å². The standard InChI is InChI=1S/C27H41NO5/c1-4-17(2)28-16-25-10-5-19(29)14-26(25,31)11-7-22-21(25)6-9-24(3)20(8-12-27(22,24)32)18-13-23(30)33-15-18/h13,16-17,19-22,29,31-32H,4-12,14-15H2,1-3H3/t17?,19?,20?,21-,22?,24+,25-,26?,27?/m0/s1. The molecule has 0 aromatic rings. The van der Waals surface area contributed by atoms with Gasteiger partial charge in [-0.15, -0.1) is 0 Å². The number of aliphatic hydroxyl groups excluding tert-OH is 1. The molecule has 4 saturated carbocycles. The number of rotatable bonds is 4. The van der Waals surface area contributed by atoms with Gasteiger partial charge in [0.05, 0.1) is 17.3 Å². The van der Waals surface area contributed by atoms with E-state index in [2.05, 4.69) is 27.0 Å². The van der Waals surface area contributed by atoms with E-state index in [1.807, 2.05) is 0 Å². The molecule has 0 amide bonds. The molecule has 0 radical (unpaired) electrons. The average Bonchev–Trinajstić information content (AvgIpc) is 3.31. The van der Waals surface area contributed by atoms with E-state index >= 15 is 0 Å². The number of aliphatic imine (C=N–C) groups is 1. The zero-order chi connectivity index (χ0) is 23.6. The lowest BCUT2D eigenvalue weighted by Crippen LogP contribution is -2.68. The Bertz CT molecular complexity index is 871. The van der Waals surface area contributed by atoms with Gasteiger partial charge in [-0.1, -0.05) is 13.8 Å². The molecule has 0 spiro atoms. The molecule has 6 unspecified atom stereocenters. The van der Waals surface area contributed by atoms with Gasteiger partial charge < -0.3 is 20.1 Å². The van der Waals surface area contributed by atoms with Crippen LogP contribution in [-0.4, -0.2) is 57.5 Å². The maximum absolute atomic E-state index is 12.4. The van der Waals surface area contributed by atoms with Crippen molar-refractivity contribution < 1.29 is 24.9 Å². The first-order valence-corrected chi connectivity index (χ1v) is 13.1. The summed E-state index contributed by atoms with van der Waals surface area (Å²) in [5.74, 6) is 0.123. The van der Waals surface area contributed by atoms with Crippen LogP contribution in [0.25, 0.3) is 0 Å². The van der Waals surface area contributed by atoms with Crippen LogP contribution in [0.4, 0.5) is 0 Å². The first kappa shape index (κ1) is 23.5. The summed E-state index contributed by atoms with van der Waals surface area (Å²) in [7, 11) is 0. The number of ether oxygens (including phenoxy) is 1. The molecule has 5 aliphatic rings. The van der Waals surface area contributed by atoms with Crippen molar-refractivity contribution in [3.63, 3.8) is 0 Å². The highest BCUT2D eigenvalue weighted by Gasteiger charge is 2.71. The molecule has 6 heteroatoms. The molecule has 5 rings (SSSR count). The first-order chi connectivity index (χ1) is 15.6. The molecule has 0 saturated heterocycles. The molecule has 6 nitrogen and oxygen atoms in total. The third kappa shape index (κ3) is 3.23. The van der Waals surface area contributed by atoms with Gasteiger partial charge in [0.15, 0.2) is 0 Å². The second-order valence-electron chi connectivity index (χ2n) is 12.1. The van der Waals surface area contributed by atoms with Crippen molar-refractivity contribution in [2.45, 2.75) is 108 Å². The summed E-state index contributed by atoms with van der Waals surface area (Å²) in [6.07, 6.45) is 10.7. The fraction of sp³-hybridized carbons (Fsp3) is 0.852. The lowest BCUT2D eigenvalue weighted by atomic mass is 9.41. The fourth-order valence-electron chi connectivity index (χ4n) is 8.73. The summed E-state index contributed by atoms with van der Waals surface area (Å²) in [6, 6.07) is 0.190. The normalized spacial score (nSPS) is 50.4. The van der Waals surface area contributed by atoms with Crippen molar-refractivity contribution in [2.24, 2.45) is 33.6 Å². The summed E-state index contributed by atoms with van der Waals surface area (Å²) in [4.78, 5) is 16.7. The number of hydrogen-bond acceptors (Lipinski definition) is 6. The topological polar surface area (TPSA) is 99.4 Å².